The fourth-order valence-electron chi connectivity index (χ4n) is 4.04. The van der Waals surface area contributed by atoms with E-state index in [1.54, 1.807) is 37.0 Å². The first-order chi connectivity index (χ1) is 16.2. The number of hydrogen-bond acceptors (Lipinski definition) is 4. The number of rotatable bonds is 5. The van der Waals surface area contributed by atoms with Gasteiger partial charge in [0.05, 0.1) is 30.8 Å². The van der Waals surface area contributed by atoms with Crippen molar-refractivity contribution >= 4 is 33.8 Å². The largest absolute Gasteiger partial charge is 0.493 e. The molecular weight excluding hydrogens is 412 g/mol. The first kappa shape index (κ1) is 20.5. The lowest BCUT2D eigenvalue weighted by Gasteiger charge is -2.14. The Morgan fingerprint density at radius 3 is 2.30 bits per heavy atom. The minimum atomic E-state index is -0.148. The second kappa shape index (κ2) is 8.63. The molecule has 0 aliphatic rings. The summed E-state index contributed by atoms with van der Waals surface area (Å²) in [7, 11) is 3.16. The molecule has 0 fully saturated rings. The SMILES string of the molecule is COc1ccc(-n2c(/C=C/c3cccc4ccccc34)nc3ccccc3c2=O)cc1OC. The molecular formula is C28H22N2O3. The topological polar surface area (TPSA) is 53.4 Å². The zero-order chi connectivity index (χ0) is 22.8. The fraction of sp³-hybridized carbons (Fsp3) is 0.0714. The van der Waals surface area contributed by atoms with Crippen molar-refractivity contribution in [2.75, 3.05) is 14.2 Å². The van der Waals surface area contributed by atoms with Crippen LogP contribution in [0.2, 0.25) is 0 Å². The fourth-order valence-corrected chi connectivity index (χ4v) is 4.04. The second-order valence-electron chi connectivity index (χ2n) is 7.57. The zero-order valence-electron chi connectivity index (χ0n) is 18.4. The zero-order valence-corrected chi connectivity index (χ0v) is 18.4. The van der Waals surface area contributed by atoms with Crippen LogP contribution in [0.4, 0.5) is 0 Å². The van der Waals surface area contributed by atoms with E-state index >= 15 is 0 Å². The van der Waals surface area contributed by atoms with Gasteiger partial charge in [-0.05, 0) is 46.7 Å². The van der Waals surface area contributed by atoms with Crippen LogP contribution in [-0.4, -0.2) is 23.8 Å². The predicted octanol–water partition coefficient (Wildman–Crippen LogP) is 5.73. The summed E-state index contributed by atoms with van der Waals surface area (Å²) >= 11 is 0. The van der Waals surface area contributed by atoms with Gasteiger partial charge in [0.25, 0.3) is 5.56 Å². The van der Waals surface area contributed by atoms with Gasteiger partial charge in [-0.15, -0.1) is 0 Å². The van der Waals surface area contributed by atoms with Crippen LogP contribution >= 0.6 is 0 Å². The Bertz CT molecular complexity index is 1560. The summed E-state index contributed by atoms with van der Waals surface area (Å²) in [4.78, 5) is 18.4. The molecule has 0 N–H and O–H groups in total. The minimum Gasteiger partial charge on any atom is -0.493 e. The van der Waals surface area contributed by atoms with Gasteiger partial charge in [0.1, 0.15) is 5.82 Å². The Hall–Kier alpha value is -4.38. The highest BCUT2D eigenvalue weighted by molar-refractivity contribution is 5.92. The van der Waals surface area contributed by atoms with Crippen molar-refractivity contribution in [2.45, 2.75) is 0 Å². The number of methoxy groups -OCH3 is 2. The van der Waals surface area contributed by atoms with Crippen LogP contribution in [0.25, 0.3) is 39.5 Å². The third-order valence-corrected chi connectivity index (χ3v) is 5.66. The molecule has 0 unspecified atom stereocenters. The molecule has 5 heteroatoms. The molecule has 162 valence electrons. The van der Waals surface area contributed by atoms with Crippen molar-refractivity contribution in [3.8, 4) is 17.2 Å². The molecule has 1 heterocycles. The van der Waals surface area contributed by atoms with Crippen molar-refractivity contribution in [3.63, 3.8) is 0 Å². The van der Waals surface area contributed by atoms with E-state index in [2.05, 4.69) is 24.3 Å². The van der Waals surface area contributed by atoms with Crippen LogP contribution < -0.4 is 15.0 Å². The van der Waals surface area contributed by atoms with E-state index in [-0.39, 0.29) is 5.56 Å². The molecule has 0 spiro atoms. The summed E-state index contributed by atoms with van der Waals surface area (Å²) in [5.41, 5.74) is 2.20. The first-order valence-electron chi connectivity index (χ1n) is 10.6. The van der Waals surface area contributed by atoms with Gasteiger partial charge in [0.15, 0.2) is 11.5 Å². The maximum absolute atomic E-state index is 13.5. The summed E-state index contributed by atoms with van der Waals surface area (Å²) in [5.74, 6) is 1.66. The van der Waals surface area contributed by atoms with E-state index in [9.17, 15) is 4.79 Å². The van der Waals surface area contributed by atoms with Gasteiger partial charge in [0.2, 0.25) is 0 Å². The highest BCUT2D eigenvalue weighted by Gasteiger charge is 2.13. The molecule has 1 aromatic heterocycles. The Morgan fingerprint density at radius 1 is 0.758 bits per heavy atom. The lowest BCUT2D eigenvalue weighted by atomic mass is 10.0. The summed E-state index contributed by atoms with van der Waals surface area (Å²) in [6, 6.07) is 27.1. The average Bonchev–Trinajstić information content (AvgIpc) is 2.87. The maximum atomic E-state index is 13.5. The number of para-hydroxylation sites is 1. The van der Waals surface area contributed by atoms with Crippen LogP contribution in [0, 0.1) is 0 Å². The van der Waals surface area contributed by atoms with E-state index < -0.39 is 0 Å². The lowest BCUT2D eigenvalue weighted by Crippen LogP contribution is -2.22. The van der Waals surface area contributed by atoms with Gasteiger partial charge in [-0.3, -0.25) is 9.36 Å². The van der Waals surface area contributed by atoms with E-state index in [0.29, 0.717) is 33.9 Å². The molecule has 0 saturated carbocycles. The molecule has 0 amide bonds. The standard InChI is InChI=1S/C28H22N2O3/c1-32-25-16-15-21(18-26(25)33-2)30-27(29-24-13-6-5-12-23(24)28(30)31)17-14-20-10-7-9-19-8-3-4-11-22(19)20/h3-18H,1-2H3/b17-14+. The molecule has 5 aromatic rings. The second-order valence-corrected chi connectivity index (χ2v) is 7.57. The monoisotopic (exact) mass is 434 g/mol. The minimum absolute atomic E-state index is 0.148. The summed E-state index contributed by atoms with van der Waals surface area (Å²) < 4.78 is 12.4. The van der Waals surface area contributed by atoms with Crippen LogP contribution in [-0.2, 0) is 0 Å². The smallest absolute Gasteiger partial charge is 0.266 e. The number of fused-ring (bicyclic) bond motifs is 2. The lowest BCUT2D eigenvalue weighted by molar-refractivity contribution is 0.355. The molecule has 5 nitrogen and oxygen atoms in total. The summed E-state index contributed by atoms with van der Waals surface area (Å²) in [6.07, 6.45) is 3.88. The van der Waals surface area contributed by atoms with E-state index in [0.717, 1.165) is 16.3 Å². The van der Waals surface area contributed by atoms with Crippen LogP contribution in [0.5, 0.6) is 11.5 Å². The van der Waals surface area contributed by atoms with Crippen molar-refractivity contribution < 1.29 is 9.47 Å². The number of benzene rings is 4. The van der Waals surface area contributed by atoms with Crippen molar-refractivity contribution in [1.82, 2.24) is 9.55 Å². The van der Waals surface area contributed by atoms with Gasteiger partial charge in [-0.2, -0.15) is 0 Å². The average molecular weight is 434 g/mol. The number of hydrogen-bond donors (Lipinski definition) is 0. The summed E-state index contributed by atoms with van der Waals surface area (Å²) in [6.45, 7) is 0. The van der Waals surface area contributed by atoms with E-state index in [1.165, 1.54) is 0 Å². The third kappa shape index (κ3) is 3.74. The first-order valence-corrected chi connectivity index (χ1v) is 10.6. The van der Waals surface area contributed by atoms with Crippen LogP contribution in [0.15, 0.2) is 89.7 Å². The summed E-state index contributed by atoms with van der Waals surface area (Å²) in [5, 5.41) is 2.84. The molecule has 0 bridgehead atoms. The number of ether oxygens (including phenoxy) is 2. The molecule has 0 aliphatic heterocycles. The molecule has 0 radical (unpaired) electrons. The van der Waals surface area contributed by atoms with E-state index in [4.69, 9.17) is 14.5 Å². The molecule has 0 atom stereocenters. The van der Waals surface area contributed by atoms with Gasteiger partial charge in [-0.1, -0.05) is 60.7 Å². The van der Waals surface area contributed by atoms with Crippen LogP contribution in [0.3, 0.4) is 0 Å². The van der Waals surface area contributed by atoms with Crippen molar-refractivity contribution in [1.29, 1.82) is 0 Å². The van der Waals surface area contributed by atoms with Gasteiger partial charge < -0.3 is 9.47 Å². The van der Waals surface area contributed by atoms with Crippen molar-refractivity contribution in [3.05, 3.63) is 107 Å². The normalized spacial score (nSPS) is 11.3. The van der Waals surface area contributed by atoms with Gasteiger partial charge >= 0.3 is 0 Å². The Morgan fingerprint density at radius 2 is 1.48 bits per heavy atom. The molecule has 0 aliphatic carbocycles. The molecule has 0 saturated heterocycles. The molecule has 33 heavy (non-hydrogen) atoms. The Kier molecular flexibility index (Phi) is 5.37. The number of nitrogens with zero attached hydrogens (tertiary/aromatic N) is 2. The molecule has 5 rings (SSSR count). The third-order valence-electron chi connectivity index (χ3n) is 5.66. The Labute approximate surface area is 191 Å². The van der Waals surface area contributed by atoms with Gasteiger partial charge in [-0.25, -0.2) is 4.98 Å². The highest BCUT2D eigenvalue weighted by Crippen LogP contribution is 2.29. The van der Waals surface area contributed by atoms with E-state index in [1.807, 2.05) is 54.6 Å². The Balaban J connectivity index is 1.73. The molecule has 4 aromatic carbocycles. The highest BCUT2D eigenvalue weighted by atomic mass is 16.5. The predicted molar refractivity (Wildman–Crippen MR) is 133 cm³/mol. The van der Waals surface area contributed by atoms with Crippen molar-refractivity contribution in [2.24, 2.45) is 0 Å². The maximum Gasteiger partial charge on any atom is 0.266 e. The number of aromatic nitrogens is 2. The quantitative estimate of drug-likeness (QED) is 0.355. The van der Waals surface area contributed by atoms with Crippen LogP contribution in [0.1, 0.15) is 11.4 Å². The van der Waals surface area contributed by atoms with Gasteiger partial charge in [0, 0.05) is 6.07 Å².